The summed E-state index contributed by atoms with van der Waals surface area (Å²) in [5, 5.41) is 0. The number of halogens is 2. The summed E-state index contributed by atoms with van der Waals surface area (Å²) in [5.74, 6) is -1.50. The van der Waals surface area contributed by atoms with Crippen LogP contribution in [0.3, 0.4) is 0 Å². The van der Waals surface area contributed by atoms with E-state index in [0.717, 1.165) is 0 Å². The number of carbonyl (C=O) groups is 1. The summed E-state index contributed by atoms with van der Waals surface area (Å²) in [6.45, 7) is 5.48. The van der Waals surface area contributed by atoms with E-state index in [0.29, 0.717) is 0 Å². The van der Waals surface area contributed by atoms with Crippen molar-refractivity contribution >= 4 is 5.91 Å². The van der Waals surface area contributed by atoms with E-state index in [1.807, 2.05) is 20.8 Å². The smallest absolute Gasteiger partial charge is 0.225 e. The first-order valence-corrected chi connectivity index (χ1v) is 6.25. The maximum absolute atomic E-state index is 13.9. The number of nitrogens with zero attached hydrogens (tertiary/aromatic N) is 1. The van der Waals surface area contributed by atoms with Gasteiger partial charge in [-0.25, -0.2) is 8.78 Å². The van der Waals surface area contributed by atoms with Crippen LogP contribution >= 0.6 is 0 Å². The molecular weight excluding hydrogens is 250 g/mol. The monoisotopic (exact) mass is 268 g/mol. The number of hydrogen-bond acceptors (Lipinski definition) is 2. The second kappa shape index (κ2) is 4.56. The van der Waals surface area contributed by atoms with E-state index >= 15 is 0 Å². The molecule has 0 saturated carbocycles. The molecule has 1 saturated heterocycles. The van der Waals surface area contributed by atoms with Crippen molar-refractivity contribution in [1.82, 2.24) is 4.90 Å². The van der Waals surface area contributed by atoms with E-state index in [1.165, 1.54) is 23.1 Å². The molecule has 1 aromatic rings. The van der Waals surface area contributed by atoms with Crippen LogP contribution in [0.1, 0.15) is 38.8 Å². The van der Waals surface area contributed by atoms with Gasteiger partial charge in [-0.2, -0.15) is 0 Å². The second-order valence-corrected chi connectivity index (χ2v) is 5.88. The minimum absolute atomic E-state index is 0.107. The summed E-state index contributed by atoms with van der Waals surface area (Å²) in [6, 6.07) is 2.33. The highest BCUT2D eigenvalue weighted by atomic mass is 19.1. The molecule has 0 bridgehead atoms. The zero-order chi connectivity index (χ0) is 14.4. The first-order chi connectivity index (χ1) is 8.73. The van der Waals surface area contributed by atoms with E-state index in [1.54, 1.807) is 0 Å². The minimum Gasteiger partial charge on any atom is -0.329 e. The number of benzene rings is 1. The average molecular weight is 268 g/mol. The molecule has 104 valence electrons. The molecule has 5 heteroatoms. The molecule has 2 N–H and O–H groups in total. The van der Waals surface area contributed by atoms with Crippen molar-refractivity contribution in [3.05, 3.63) is 35.4 Å². The molecule has 1 aliphatic heterocycles. The highest BCUT2D eigenvalue weighted by molar-refractivity contribution is 5.81. The van der Waals surface area contributed by atoms with Crippen molar-refractivity contribution in [1.29, 1.82) is 0 Å². The normalized spacial score (nSPS) is 24.1. The Labute approximate surface area is 111 Å². The fraction of sp³-hybridized carbons (Fsp3) is 0.500. The molecule has 2 unspecified atom stereocenters. The van der Waals surface area contributed by atoms with Crippen molar-refractivity contribution in [3.8, 4) is 0 Å². The molecule has 0 aromatic heterocycles. The predicted molar refractivity (Wildman–Crippen MR) is 68.3 cm³/mol. The van der Waals surface area contributed by atoms with E-state index in [9.17, 15) is 13.6 Å². The Bertz CT molecular complexity index is 490. The molecule has 1 heterocycles. The number of likely N-dealkylation sites (tertiary alicyclic amines) is 1. The Morgan fingerprint density at radius 1 is 1.26 bits per heavy atom. The molecule has 3 nitrogen and oxygen atoms in total. The SMILES string of the molecule is CC(C)(C)N1C(=O)CC(N)C1c1c(F)cccc1F. The Hall–Kier alpha value is -1.49. The molecule has 0 aliphatic carbocycles. The number of rotatable bonds is 1. The van der Waals surface area contributed by atoms with Crippen molar-refractivity contribution in [3.63, 3.8) is 0 Å². The third-order valence-electron chi connectivity index (χ3n) is 3.38. The Balaban J connectivity index is 2.55. The zero-order valence-corrected chi connectivity index (χ0v) is 11.3. The van der Waals surface area contributed by atoms with E-state index in [2.05, 4.69) is 0 Å². The van der Waals surface area contributed by atoms with Crippen molar-refractivity contribution in [2.24, 2.45) is 5.73 Å². The highest BCUT2D eigenvalue weighted by Crippen LogP contribution is 2.39. The predicted octanol–water partition coefficient (Wildman–Crippen LogP) is 2.36. The van der Waals surface area contributed by atoms with Gasteiger partial charge in [0.15, 0.2) is 0 Å². The van der Waals surface area contributed by atoms with Crippen molar-refractivity contribution < 1.29 is 13.6 Å². The fourth-order valence-electron chi connectivity index (χ4n) is 2.69. The van der Waals surface area contributed by atoms with E-state index in [4.69, 9.17) is 5.73 Å². The lowest BCUT2D eigenvalue weighted by molar-refractivity contribution is -0.133. The first kappa shape index (κ1) is 13.9. The van der Waals surface area contributed by atoms with Gasteiger partial charge in [0.1, 0.15) is 11.6 Å². The number of amides is 1. The lowest BCUT2D eigenvalue weighted by atomic mass is 9.96. The first-order valence-electron chi connectivity index (χ1n) is 6.25. The van der Waals surface area contributed by atoms with Gasteiger partial charge in [0.25, 0.3) is 0 Å². The molecule has 2 atom stereocenters. The zero-order valence-electron chi connectivity index (χ0n) is 11.3. The maximum Gasteiger partial charge on any atom is 0.225 e. The van der Waals surface area contributed by atoms with Crippen LogP contribution in [0.25, 0.3) is 0 Å². The molecular formula is C14H18F2N2O. The molecule has 19 heavy (non-hydrogen) atoms. The summed E-state index contributed by atoms with van der Waals surface area (Å²) in [7, 11) is 0. The number of hydrogen-bond donors (Lipinski definition) is 1. The summed E-state index contributed by atoms with van der Waals surface area (Å²) in [6.07, 6.45) is 0.107. The van der Waals surface area contributed by atoms with Crippen LogP contribution in [0.4, 0.5) is 8.78 Å². The third-order valence-corrected chi connectivity index (χ3v) is 3.38. The van der Waals surface area contributed by atoms with Crippen LogP contribution in [-0.2, 0) is 4.79 Å². The summed E-state index contributed by atoms with van der Waals surface area (Å²) in [4.78, 5) is 13.5. The highest BCUT2D eigenvalue weighted by Gasteiger charge is 2.45. The van der Waals surface area contributed by atoms with E-state index in [-0.39, 0.29) is 17.9 Å². The Morgan fingerprint density at radius 2 is 1.79 bits per heavy atom. The van der Waals surface area contributed by atoms with E-state index < -0.39 is 29.3 Å². The fourth-order valence-corrected chi connectivity index (χ4v) is 2.69. The minimum atomic E-state index is -0.756. The molecule has 0 radical (unpaired) electrons. The average Bonchev–Trinajstić information content (AvgIpc) is 2.53. The van der Waals surface area contributed by atoms with Crippen molar-refractivity contribution in [2.75, 3.05) is 0 Å². The maximum atomic E-state index is 13.9. The van der Waals surface area contributed by atoms with Crippen LogP contribution in [-0.4, -0.2) is 22.4 Å². The van der Waals surface area contributed by atoms with Gasteiger partial charge < -0.3 is 10.6 Å². The van der Waals surface area contributed by atoms with Crippen LogP contribution < -0.4 is 5.73 Å². The molecule has 2 rings (SSSR count). The van der Waals surface area contributed by atoms with Crippen LogP contribution in [0.2, 0.25) is 0 Å². The topological polar surface area (TPSA) is 46.3 Å². The largest absolute Gasteiger partial charge is 0.329 e. The van der Waals surface area contributed by atoms with Gasteiger partial charge in [-0.05, 0) is 32.9 Å². The van der Waals surface area contributed by atoms with Crippen LogP contribution in [0.15, 0.2) is 18.2 Å². The Morgan fingerprint density at radius 3 is 2.26 bits per heavy atom. The van der Waals surface area contributed by atoms with Crippen molar-refractivity contribution in [2.45, 2.75) is 44.8 Å². The molecule has 0 spiro atoms. The molecule has 1 aromatic carbocycles. The quantitative estimate of drug-likeness (QED) is 0.850. The lowest BCUT2D eigenvalue weighted by Crippen LogP contribution is -2.46. The van der Waals surface area contributed by atoms with Gasteiger partial charge in [0.05, 0.1) is 6.04 Å². The van der Waals surface area contributed by atoms with Gasteiger partial charge in [-0.3, -0.25) is 4.79 Å². The number of carbonyl (C=O) groups excluding carboxylic acids is 1. The van der Waals surface area contributed by atoms with Gasteiger partial charge >= 0.3 is 0 Å². The standard InChI is InChI=1S/C14H18F2N2O/c1-14(2,3)18-11(19)7-10(17)13(18)12-8(15)5-4-6-9(12)16/h4-6,10,13H,7,17H2,1-3H3. The summed E-state index contributed by atoms with van der Waals surface area (Å²) >= 11 is 0. The van der Waals surface area contributed by atoms with Gasteiger partial charge in [-0.1, -0.05) is 6.07 Å². The third kappa shape index (κ3) is 2.34. The van der Waals surface area contributed by atoms with Gasteiger partial charge in [-0.15, -0.1) is 0 Å². The number of nitrogens with two attached hydrogens (primary N) is 1. The van der Waals surface area contributed by atoms with Crippen LogP contribution in [0, 0.1) is 11.6 Å². The molecule has 1 amide bonds. The second-order valence-electron chi connectivity index (χ2n) is 5.88. The lowest BCUT2D eigenvalue weighted by Gasteiger charge is -2.38. The molecule has 1 fully saturated rings. The van der Waals surface area contributed by atoms with Gasteiger partial charge in [0.2, 0.25) is 5.91 Å². The molecule has 1 aliphatic rings. The van der Waals surface area contributed by atoms with Gasteiger partial charge in [0, 0.05) is 23.6 Å². The summed E-state index contributed by atoms with van der Waals surface area (Å²) in [5.41, 5.74) is 5.28. The van der Waals surface area contributed by atoms with Crippen LogP contribution in [0.5, 0.6) is 0 Å². The summed E-state index contributed by atoms with van der Waals surface area (Å²) < 4.78 is 27.9. The Kier molecular flexibility index (Phi) is 3.34.